The van der Waals surface area contributed by atoms with Crippen molar-refractivity contribution < 1.29 is 0 Å². The van der Waals surface area contributed by atoms with Gasteiger partial charge in [0.15, 0.2) is 0 Å². The maximum Gasteiger partial charge on any atom is -0.00913 e. The van der Waals surface area contributed by atoms with E-state index >= 15 is 0 Å². The van der Waals surface area contributed by atoms with E-state index in [-0.39, 0.29) is 0 Å². The fourth-order valence-electron chi connectivity index (χ4n) is 0.839. The molecule has 0 aliphatic heterocycles. The lowest BCUT2D eigenvalue weighted by molar-refractivity contribution is 1.15. The molecule has 0 spiro atoms. The molecule has 0 atom stereocenters. The van der Waals surface area contributed by atoms with Crippen molar-refractivity contribution in [3.8, 4) is 0 Å². The second-order valence-electron chi connectivity index (χ2n) is 2.43. The van der Waals surface area contributed by atoms with Gasteiger partial charge in [-0.15, -0.1) is 5.73 Å². The van der Waals surface area contributed by atoms with E-state index in [1.54, 1.807) is 0 Å². The fourth-order valence-corrected chi connectivity index (χ4v) is 0.839. The van der Waals surface area contributed by atoms with E-state index in [1.165, 1.54) is 11.1 Å². The molecular formula is C10H12. The maximum absolute atomic E-state index is 3.18. The molecule has 0 saturated carbocycles. The summed E-state index contributed by atoms with van der Waals surface area (Å²) in [5.41, 5.74) is 5.72. The Bertz CT molecular complexity index is 233. The van der Waals surface area contributed by atoms with Gasteiger partial charge in [0.1, 0.15) is 0 Å². The SMILES string of the molecule is CCC1=CC=CC(C)=C=C1. The van der Waals surface area contributed by atoms with E-state index in [0.29, 0.717) is 0 Å². The predicted molar refractivity (Wildman–Crippen MR) is 44.8 cm³/mol. The Morgan fingerprint density at radius 1 is 1.50 bits per heavy atom. The minimum Gasteiger partial charge on any atom is -0.117 e. The van der Waals surface area contributed by atoms with Gasteiger partial charge in [0.05, 0.1) is 0 Å². The van der Waals surface area contributed by atoms with Gasteiger partial charge >= 0.3 is 0 Å². The highest BCUT2D eigenvalue weighted by molar-refractivity contribution is 5.32. The normalized spacial score (nSPS) is 16.2. The van der Waals surface area contributed by atoms with Crippen molar-refractivity contribution in [2.45, 2.75) is 20.3 Å². The number of rotatable bonds is 1. The van der Waals surface area contributed by atoms with Crippen molar-refractivity contribution in [2.75, 3.05) is 0 Å². The average Bonchev–Trinajstić information content (AvgIpc) is 2.14. The smallest absolute Gasteiger partial charge is 0.00913 e. The van der Waals surface area contributed by atoms with E-state index in [9.17, 15) is 0 Å². The third-order valence-electron chi connectivity index (χ3n) is 1.55. The quantitative estimate of drug-likeness (QED) is 0.481. The summed E-state index contributed by atoms with van der Waals surface area (Å²) >= 11 is 0. The van der Waals surface area contributed by atoms with Crippen molar-refractivity contribution in [3.63, 3.8) is 0 Å². The van der Waals surface area contributed by atoms with E-state index in [4.69, 9.17) is 0 Å². The first-order valence-corrected chi connectivity index (χ1v) is 3.63. The van der Waals surface area contributed by atoms with Crippen LogP contribution in [0.4, 0.5) is 0 Å². The molecule has 1 aliphatic rings. The standard InChI is InChI=1S/C10H12/c1-3-10-6-4-5-9(2)7-8-10/h4-6,8H,3H2,1-2H3. The molecule has 0 aromatic rings. The van der Waals surface area contributed by atoms with Crippen LogP contribution in [0, 0.1) is 0 Å². The molecule has 0 N–H and O–H groups in total. The molecule has 1 rings (SSSR count). The third-order valence-corrected chi connectivity index (χ3v) is 1.55. The molecule has 0 aromatic carbocycles. The lowest BCUT2D eigenvalue weighted by atomic mass is 10.2. The molecule has 0 nitrogen and oxygen atoms in total. The van der Waals surface area contributed by atoms with Gasteiger partial charge in [-0.1, -0.05) is 25.2 Å². The van der Waals surface area contributed by atoms with Gasteiger partial charge in [-0.05, 0) is 30.6 Å². The first kappa shape index (κ1) is 7.11. The number of allylic oxidation sites excluding steroid dienone is 5. The zero-order valence-electron chi connectivity index (χ0n) is 6.52. The van der Waals surface area contributed by atoms with Crippen LogP contribution >= 0.6 is 0 Å². The molecule has 0 unspecified atom stereocenters. The largest absolute Gasteiger partial charge is 0.117 e. The summed E-state index contributed by atoms with van der Waals surface area (Å²) in [6.45, 7) is 4.21. The van der Waals surface area contributed by atoms with Crippen LogP contribution in [-0.2, 0) is 0 Å². The van der Waals surface area contributed by atoms with Gasteiger partial charge < -0.3 is 0 Å². The lowest BCUT2D eigenvalue weighted by Crippen LogP contribution is -1.68. The molecule has 0 fully saturated rings. The predicted octanol–water partition coefficient (Wildman–Crippen LogP) is 2.99. The van der Waals surface area contributed by atoms with Crippen molar-refractivity contribution in [1.82, 2.24) is 0 Å². The Morgan fingerprint density at radius 2 is 2.30 bits per heavy atom. The number of hydrogen-bond donors (Lipinski definition) is 0. The van der Waals surface area contributed by atoms with E-state index < -0.39 is 0 Å². The molecule has 0 radical (unpaired) electrons. The van der Waals surface area contributed by atoms with Crippen molar-refractivity contribution in [3.05, 3.63) is 41.2 Å². The van der Waals surface area contributed by atoms with Gasteiger partial charge in [0, 0.05) is 0 Å². The average molecular weight is 132 g/mol. The Labute approximate surface area is 62.3 Å². The molecule has 52 valence electrons. The summed E-state index contributed by atoms with van der Waals surface area (Å²) in [4.78, 5) is 0. The lowest BCUT2D eigenvalue weighted by Gasteiger charge is -1.88. The van der Waals surface area contributed by atoms with Crippen LogP contribution < -0.4 is 0 Å². The second-order valence-corrected chi connectivity index (χ2v) is 2.43. The zero-order chi connectivity index (χ0) is 7.40. The monoisotopic (exact) mass is 132 g/mol. The van der Waals surface area contributed by atoms with E-state index in [1.807, 2.05) is 0 Å². The van der Waals surface area contributed by atoms with Crippen molar-refractivity contribution >= 4 is 0 Å². The summed E-state index contributed by atoms with van der Waals surface area (Å²) < 4.78 is 0. The van der Waals surface area contributed by atoms with E-state index in [2.05, 4.69) is 43.9 Å². The molecule has 0 aromatic heterocycles. The summed E-state index contributed by atoms with van der Waals surface area (Å²) in [6, 6.07) is 0. The molecule has 0 saturated heterocycles. The maximum atomic E-state index is 3.18. The van der Waals surface area contributed by atoms with Gasteiger partial charge in [-0.3, -0.25) is 0 Å². The summed E-state index contributed by atoms with van der Waals surface area (Å²) in [6.07, 6.45) is 9.41. The fraction of sp³-hybridized carbons (Fsp3) is 0.300. The Hall–Kier alpha value is -1.00. The van der Waals surface area contributed by atoms with Crippen LogP contribution in [0.25, 0.3) is 0 Å². The van der Waals surface area contributed by atoms with Crippen LogP contribution in [0.5, 0.6) is 0 Å². The minimum absolute atomic E-state index is 1.09. The van der Waals surface area contributed by atoms with Gasteiger partial charge in [0.2, 0.25) is 0 Å². The minimum atomic E-state index is 1.09. The van der Waals surface area contributed by atoms with Crippen molar-refractivity contribution in [1.29, 1.82) is 0 Å². The Kier molecular flexibility index (Phi) is 2.30. The van der Waals surface area contributed by atoms with Crippen molar-refractivity contribution in [2.24, 2.45) is 0 Å². The van der Waals surface area contributed by atoms with Gasteiger partial charge in [0.25, 0.3) is 0 Å². The molecular weight excluding hydrogens is 120 g/mol. The van der Waals surface area contributed by atoms with Gasteiger partial charge in [-0.2, -0.15) is 0 Å². The molecule has 0 heteroatoms. The molecule has 0 amide bonds. The van der Waals surface area contributed by atoms with Crippen LogP contribution in [-0.4, -0.2) is 0 Å². The van der Waals surface area contributed by atoms with E-state index in [0.717, 1.165) is 6.42 Å². The van der Waals surface area contributed by atoms with Crippen LogP contribution in [0.1, 0.15) is 20.3 Å². The molecule has 0 heterocycles. The summed E-state index contributed by atoms with van der Waals surface area (Å²) in [5.74, 6) is 0. The van der Waals surface area contributed by atoms with Crippen LogP contribution in [0.2, 0.25) is 0 Å². The Morgan fingerprint density at radius 3 is 3.00 bits per heavy atom. The first-order chi connectivity index (χ1) is 4.83. The molecule has 0 bridgehead atoms. The molecule has 10 heavy (non-hydrogen) atoms. The first-order valence-electron chi connectivity index (χ1n) is 3.63. The van der Waals surface area contributed by atoms with Crippen LogP contribution in [0.15, 0.2) is 41.2 Å². The highest BCUT2D eigenvalue weighted by Gasteiger charge is 1.87. The summed E-state index contributed by atoms with van der Waals surface area (Å²) in [7, 11) is 0. The second kappa shape index (κ2) is 3.24. The Balaban J connectivity index is 2.91. The highest BCUT2D eigenvalue weighted by Crippen LogP contribution is 2.06. The topological polar surface area (TPSA) is 0 Å². The number of hydrogen-bond acceptors (Lipinski definition) is 0. The summed E-state index contributed by atoms with van der Waals surface area (Å²) in [5, 5.41) is 0. The van der Waals surface area contributed by atoms with Gasteiger partial charge in [-0.25, -0.2) is 0 Å². The molecule has 1 aliphatic carbocycles. The third kappa shape index (κ3) is 1.75. The highest BCUT2D eigenvalue weighted by atomic mass is 13.9. The van der Waals surface area contributed by atoms with Crippen LogP contribution in [0.3, 0.4) is 0 Å². The zero-order valence-corrected chi connectivity index (χ0v) is 6.52.